The Balaban J connectivity index is 1.90. The van der Waals surface area contributed by atoms with Crippen LogP contribution in [0.25, 0.3) is 11.4 Å². The lowest BCUT2D eigenvalue weighted by Gasteiger charge is -2.01. The number of nitrogens with one attached hydrogen (secondary N) is 1. The van der Waals surface area contributed by atoms with E-state index in [1.807, 2.05) is 30.3 Å². The third-order valence-electron chi connectivity index (χ3n) is 2.94. The van der Waals surface area contributed by atoms with E-state index in [1.54, 1.807) is 39.7 Å². The number of hydrogen-bond acceptors (Lipinski definition) is 4. The predicted molar refractivity (Wildman–Crippen MR) is 86.0 cm³/mol. The lowest BCUT2D eigenvalue weighted by molar-refractivity contribution is 0.447. The average molecular weight is 394 g/mol. The molecule has 0 spiro atoms. The average Bonchev–Trinajstić information content (AvgIpc) is 2.94. The topological polar surface area (TPSA) is 83.8 Å². The highest BCUT2D eigenvalue weighted by atomic mass is 127. The molecule has 0 saturated carbocycles. The van der Waals surface area contributed by atoms with Gasteiger partial charge in [0.2, 0.25) is 5.88 Å². The van der Waals surface area contributed by atoms with Gasteiger partial charge in [-0.05, 0) is 28.2 Å². The van der Waals surface area contributed by atoms with Crippen molar-refractivity contribution in [2.24, 2.45) is 0 Å². The zero-order chi connectivity index (χ0) is 14.8. The van der Waals surface area contributed by atoms with Crippen LogP contribution >= 0.6 is 22.6 Å². The fraction of sp³-hybridized carbons (Fsp3) is 0.0714. The molecule has 7 heteroatoms. The van der Waals surface area contributed by atoms with Crippen LogP contribution in [-0.4, -0.2) is 24.9 Å². The lowest BCUT2D eigenvalue weighted by Crippen LogP contribution is -2.12. The van der Waals surface area contributed by atoms with Gasteiger partial charge in [-0.3, -0.25) is 9.48 Å². The molecule has 106 valence electrons. The minimum absolute atomic E-state index is 0.174. The molecule has 0 bridgehead atoms. The summed E-state index contributed by atoms with van der Waals surface area (Å²) in [6.07, 6.45) is 3.38. The second kappa shape index (κ2) is 5.68. The van der Waals surface area contributed by atoms with Crippen molar-refractivity contribution in [1.29, 1.82) is 0 Å². The molecule has 0 aliphatic rings. The summed E-state index contributed by atoms with van der Waals surface area (Å²) in [5.74, 6) is 0.0300. The van der Waals surface area contributed by atoms with Gasteiger partial charge in [0, 0.05) is 6.20 Å². The number of halogens is 1. The predicted octanol–water partition coefficient (Wildman–Crippen LogP) is 1.99. The molecule has 1 aromatic carbocycles. The Bertz CT molecular complexity index is 826. The normalized spacial score (nSPS) is 10.7. The van der Waals surface area contributed by atoms with Crippen molar-refractivity contribution in [3.63, 3.8) is 0 Å². The van der Waals surface area contributed by atoms with Gasteiger partial charge in [0.15, 0.2) is 0 Å². The molecule has 0 aliphatic heterocycles. The van der Waals surface area contributed by atoms with Gasteiger partial charge >= 0.3 is 0 Å². The Labute approximate surface area is 133 Å². The fourth-order valence-electron chi connectivity index (χ4n) is 1.93. The SMILES string of the molecule is O=c1[nH]c(-c2cnn(Cc3ccccc3)c2)nc(O)c1I. The van der Waals surface area contributed by atoms with E-state index in [9.17, 15) is 9.90 Å². The van der Waals surface area contributed by atoms with Gasteiger partial charge in [-0.15, -0.1) is 0 Å². The van der Waals surface area contributed by atoms with Crippen LogP contribution in [0.3, 0.4) is 0 Å². The summed E-state index contributed by atoms with van der Waals surface area (Å²) in [6.45, 7) is 0.626. The molecule has 3 rings (SSSR count). The van der Waals surface area contributed by atoms with Crippen molar-refractivity contribution in [1.82, 2.24) is 19.7 Å². The first-order chi connectivity index (χ1) is 10.1. The van der Waals surface area contributed by atoms with Crippen molar-refractivity contribution in [3.05, 3.63) is 62.2 Å². The second-order valence-electron chi connectivity index (χ2n) is 4.46. The van der Waals surface area contributed by atoms with Gasteiger partial charge < -0.3 is 10.1 Å². The number of aromatic hydroxyl groups is 1. The Morgan fingerprint density at radius 3 is 2.76 bits per heavy atom. The summed E-state index contributed by atoms with van der Waals surface area (Å²) < 4.78 is 1.92. The Morgan fingerprint density at radius 2 is 2.05 bits per heavy atom. The molecule has 21 heavy (non-hydrogen) atoms. The monoisotopic (exact) mass is 394 g/mol. The molecule has 2 N–H and O–H groups in total. The van der Waals surface area contributed by atoms with Crippen molar-refractivity contribution in [3.8, 4) is 17.3 Å². The van der Waals surface area contributed by atoms with Gasteiger partial charge in [-0.2, -0.15) is 10.1 Å². The maximum absolute atomic E-state index is 11.6. The Hall–Kier alpha value is -2.16. The number of rotatable bonds is 3. The van der Waals surface area contributed by atoms with Gasteiger partial charge in [0.25, 0.3) is 5.56 Å². The van der Waals surface area contributed by atoms with Crippen molar-refractivity contribution < 1.29 is 5.11 Å². The number of aromatic nitrogens is 4. The van der Waals surface area contributed by atoms with E-state index in [0.717, 1.165) is 5.56 Å². The molecular weight excluding hydrogens is 383 g/mol. The van der Waals surface area contributed by atoms with Crippen LogP contribution in [0, 0.1) is 3.57 Å². The number of aromatic amines is 1. The van der Waals surface area contributed by atoms with E-state index in [0.29, 0.717) is 17.9 Å². The van der Waals surface area contributed by atoms with E-state index in [-0.39, 0.29) is 15.0 Å². The molecule has 0 radical (unpaired) electrons. The largest absolute Gasteiger partial charge is 0.492 e. The van der Waals surface area contributed by atoms with Crippen LogP contribution in [0.1, 0.15) is 5.56 Å². The van der Waals surface area contributed by atoms with E-state index >= 15 is 0 Å². The molecule has 2 aromatic heterocycles. The molecule has 0 saturated heterocycles. The maximum Gasteiger partial charge on any atom is 0.268 e. The summed E-state index contributed by atoms with van der Waals surface area (Å²) >= 11 is 1.75. The molecule has 0 amide bonds. The van der Waals surface area contributed by atoms with Gasteiger partial charge in [-0.1, -0.05) is 30.3 Å². The summed E-state index contributed by atoms with van der Waals surface area (Å²) in [7, 11) is 0. The highest BCUT2D eigenvalue weighted by Gasteiger charge is 2.10. The van der Waals surface area contributed by atoms with E-state index in [4.69, 9.17) is 0 Å². The molecule has 0 atom stereocenters. The molecule has 3 aromatic rings. The van der Waals surface area contributed by atoms with Crippen molar-refractivity contribution >= 4 is 22.6 Å². The molecular formula is C14H11IN4O2. The van der Waals surface area contributed by atoms with Crippen LogP contribution in [-0.2, 0) is 6.54 Å². The summed E-state index contributed by atoms with van der Waals surface area (Å²) in [4.78, 5) is 18.2. The van der Waals surface area contributed by atoms with E-state index < -0.39 is 0 Å². The summed E-state index contributed by atoms with van der Waals surface area (Å²) in [5.41, 5.74) is 1.41. The third-order valence-corrected chi connectivity index (χ3v) is 3.91. The zero-order valence-corrected chi connectivity index (χ0v) is 13.0. The Morgan fingerprint density at radius 1 is 1.29 bits per heavy atom. The first-order valence-electron chi connectivity index (χ1n) is 6.19. The van der Waals surface area contributed by atoms with Crippen molar-refractivity contribution in [2.45, 2.75) is 6.54 Å². The first kappa shape index (κ1) is 13.8. The van der Waals surface area contributed by atoms with Gasteiger partial charge in [-0.25, -0.2) is 0 Å². The summed E-state index contributed by atoms with van der Waals surface area (Å²) in [6, 6.07) is 9.92. The lowest BCUT2D eigenvalue weighted by atomic mass is 10.2. The second-order valence-corrected chi connectivity index (χ2v) is 5.54. The van der Waals surface area contributed by atoms with E-state index in [2.05, 4.69) is 15.1 Å². The quantitative estimate of drug-likeness (QED) is 0.666. The fourth-order valence-corrected chi connectivity index (χ4v) is 2.18. The molecule has 0 aliphatic carbocycles. The molecule has 2 heterocycles. The minimum Gasteiger partial charge on any atom is -0.492 e. The minimum atomic E-state index is -0.367. The maximum atomic E-state index is 11.6. The van der Waals surface area contributed by atoms with Gasteiger partial charge in [0.1, 0.15) is 9.39 Å². The Kier molecular flexibility index (Phi) is 3.74. The number of nitrogens with zero attached hydrogens (tertiary/aromatic N) is 3. The highest BCUT2D eigenvalue weighted by Crippen LogP contribution is 2.18. The molecule has 0 unspecified atom stereocenters. The van der Waals surface area contributed by atoms with Crippen LogP contribution in [0.5, 0.6) is 5.88 Å². The number of benzene rings is 1. The number of hydrogen-bond donors (Lipinski definition) is 2. The van der Waals surface area contributed by atoms with Crippen LogP contribution in [0.15, 0.2) is 47.5 Å². The zero-order valence-electron chi connectivity index (χ0n) is 10.8. The standard InChI is InChI=1S/C14H11IN4O2/c15-11-13(20)17-12(18-14(11)21)10-6-16-19(8-10)7-9-4-2-1-3-5-9/h1-6,8H,7H2,(H2,17,18,20,21). The van der Waals surface area contributed by atoms with E-state index in [1.165, 1.54) is 0 Å². The third kappa shape index (κ3) is 2.97. The van der Waals surface area contributed by atoms with Crippen LogP contribution in [0.4, 0.5) is 0 Å². The number of H-pyrrole nitrogens is 1. The van der Waals surface area contributed by atoms with Crippen molar-refractivity contribution in [2.75, 3.05) is 0 Å². The molecule has 6 nitrogen and oxygen atoms in total. The van der Waals surface area contributed by atoms with Crippen LogP contribution in [0.2, 0.25) is 0 Å². The summed E-state index contributed by atoms with van der Waals surface area (Å²) in [5, 5.41) is 13.9. The molecule has 0 fully saturated rings. The first-order valence-corrected chi connectivity index (χ1v) is 7.27. The van der Waals surface area contributed by atoms with Gasteiger partial charge in [0.05, 0.1) is 18.3 Å². The smallest absolute Gasteiger partial charge is 0.268 e. The highest BCUT2D eigenvalue weighted by molar-refractivity contribution is 14.1. The van der Waals surface area contributed by atoms with Crippen LogP contribution < -0.4 is 5.56 Å².